The van der Waals surface area contributed by atoms with Crippen molar-refractivity contribution in [1.29, 1.82) is 0 Å². The second-order valence-corrected chi connectivity index (χ2v) is 3.59. The van der Waals surface area contributed by atoms with E-state index in [0.29, 0.717) is 5.92 Å². The van der Waals surface area contributed by atoms with Crippen LogP contribution < -0.4 is 0 Å². The number of carboxylic acids is 1. The minimum atomic E-state index is -0.541. The lowest BCUT2D eigenvalue weighted by Crippen LogP contribution is -2.39. The van der Waals surface area contributed by atoms with E-state index in [0.717, 1.165) is 32.1 Å². The van der Waals surface area contributed by atoms with Crippen molar-refractivity contribution in [2.45, 2.75) is 32.1 Å². The smallest absolute Gasteiger partial charge is 0.309 e. The van der Waals surface area contributed by atoms with Crippen molar-refractivity contribution < 1.29 is 9.90 Å². The maximum absolute atomic E-state index is 10.8. The van der Waals surface area contributed by atoms with E-state index >= 15 is 0 Å². The summed E-state index contributed by atoms with van der Waals surface area (Å²) in [6.45, 7) is 0. The Morgan fingerprint density at radius 2 is 2.00 bits per heavy atom. The molecule has 10 heavy (non-hydrogen) atoms. The van der Waals surface area contributed by atoms with E-state index in [4.69, 9.17) is 5.11 Å². The molecule has 0 radical (unpaired) electrons. The number of carboxylic acid groups (broad SMARTS) is 1. The lowest BCUT2D eigenvalue weighted by molar-refractivity contribution is -0.156. The van der Waals surface area contributed by atoms with Crippen LogP contribution in [0.3, 0.4) is 0 Å². The van der Waals surface area contributed by atoms with Crippen molar-refractivity contribution in [3.05, 3.63) is 0 Å². The summed E-state index contributed by atoms with van der Waals surface area (Å²) in [5.41, 5.74) is -0.250. The maximum atomic E-state index is 10.8. The Balaban J connectivity index is 2.12. The highest BCUT2D eigenvalue weighted by Gasteiger charge is 2.54. The lowest BCUT2D eigenvalue weighted by Gasteiger charge is -2.37. The summed E-state index contributed by atoms with van der Waals surface area (Å²) in [6, 6.07) is 0. The van der Waals surface area contributed by atoms with Gasteiger partial charge in [0.25, 0.3) is 0 Å². The first-order valence-corrected chi connectivity index (χ1v) is 3.99. The topological polar surface area (TPSA) is 37.3 Å². The van der Waals surface area contributed by atoms with Crippen molar-refractivity contribution in [1.82, 2.24) is 0 Å². The number of rotatable bonds is 2. The molecule has 0 aromatic rings. The van der Waals surface area contributed by atoms with Crippen LogP contribution in [-0.2, 0) is 4.79 Å². The van der Waals surface area contributed by atoms with Crippen molar-refractivity contribution in [3.63, 3.8) is 0 Å². The summed E-state index contributed by atoms with van der Waals surface area (Å²) in [5, 5.41) is 8.89. The largest absolute Gasteiger partial charge is 0.481 e. The zero-order valence-corrected chi connectivity index (χ0v) is 5.97. The first kappa shape index (κ1) is 6.20. The average Bonchev–Trinajstić information content (AvgIpc) is 2.43. The van der Waals surface area contributed by atoms with E-state index in [-0.39, 0.29) is 5.41 Å². The molecule has 0 saturated heterocycles. The molecule has 0 aliphatic heterocycles. The van der Waals surface area contributed by atoms with Gasteiger partial charge in [-0.05, 0) is 31.6 Å². The molecule has 0 aromatic heterocycles. The summed E-state index contributed by atoms with van der Waals surface area (Å²) in [4.78, 5) is 10.8. The van der Waals surface area contributed by atoms with Crippen molar-refractivity contribution >= 4 is 5.97 Å². The highest BCUT2D eigenvalue weighted by Crippen LogP contribution is 2.57. The molecule has 0 aromatic carbocycles. The molecule has 0 atom stereocenters. The van der Waals surface area contributed by atoms with E-state index in [2.05, 4.69) is 0 Å². The molecule has 2 rings (SSSR count). The molecule has 0 amide bonds. The number of hydrogen-bond donors (Lipinski definition) is 1. The van der Waals surface area contributed by atoms with Crippen LogP contribution in [-0.4, -0.2) is 11.1 Å². The Labute approximate surface area is 60.2 Å². The van der Waals surface area contributed by atoms with E-state index < -0.39 is 5.97 Å². The van der Waals surface area contributed by atoms with Gasteiger partial charge in [-0.1, -0.05) is 6.42 Å². The Hall–Kier alpha value is -0.530. The van der Waals surface area contributed by atoms with Gasteiger partial charge in [0.05, 0.1) is 5.41 Å². The van der Waals surface area contributed by atoms with E-state index in [9.17, 15) is 4.79 Å². The quantitative estimate of drug-likeness (QED) is 0.633. The predicted octanol–water partition coefficient (Wildman–Crippen LogP) is 1.65. The van der Waals surface area contributed by atoms with Crippen LogP contribution in [0, 0.1) is 11.3 Å². The molecule has 0 unspecified atom stereocenters. The third-order valence-corrected chi connectivity index (χ3v) is 3.03. The first-order chi connectivity index (χ1) is 4.76. The van der Waals surface area contributed by atoms with Gasteiger partial charge < -0.3 is 5.11 Å². The van der Waals surface area contributed by atoms with Crippen LogP contribution in [0.4, 0.5) is 0 Å². The Morgan fingerprint density at radius 3 is 2.10 bits per heavy atom. The second-order valence-electron chi connectivity index (χ2n) is 3.59. The van der Waals surface area contributed by atoms with Gasteiger partial charge in [-0.15, -0.1) is 0 Å². The molecule has 0 spiro atoms. The second kappa shape index (κ2) is 1.74. The van der Waals surface area contributed by atoms with Crippen LogP contribution >= 0.6 is 0 Å². The zero-order valence-electron chi connectivity index (χ0n) is 5.97. The van der Waals surface area contributed by atoms with Crippen molar-refractivity contribution in [2.75, 3.05) is 0 Å². The van der Waals surface area contributed by atoms with Crippen LogP contribution in [0.2, 0.25) is 0 Å². The summed E-state index contributed by atoms with van der Waals surface area (Å²) in [6.07, 6.45) is 5.32. The average molecular weight is 140 g/mol. The van der Waals surface area contributed by atoms with Gasteiger partial charge in [0.1, 0.15) is 0 Å². The van der Waals surface area contributed by atoms with E-state index in [1.54, 1.807) is 0 Å². The molecular formula is C8H12O2. The summed E-state index contributed by atoms with van der Waals surface area (Å²) in [5.74, 6) is -0.000000000000000333. The van der Waals surface area contributed by atoms with Crippen LogP contribution in [0.25, 0.3) is 0 Å². The molecule has 2 heteroatoms. The Morgan fingerprint density at radius 1 is 1.40 bits per heavy atom. The van der Waals surface area contributed by atoms with Gasteiger partial charge >= 0.3 is 5.97 Å². The van der Waals surface area contributed by atoms with Crippen LogP contribution in [0.15, 0.2) is 0 Å². The third-order valence-electron chi connectivity index (χ3n) is 3.03. The normalized spacial score (nSPS) is 29.2. The SMILES string of the molecule is O=C(O)C1(C2CC2)CCC1. The highest BCUT2D eigenvalue weighted by atomic mass is 16.4. The van der Waals surface area contributed by atoms with E-state index in [1.807, 2.05) is 0 Å². The van der Waals surface area contributed by atoms with Gasteiger partial charge in [-0.3, -0.25) is 4.79 Å². The molecule has 2 aliphatic rings. The van der Waals surface area contributed by atoms with Crippen molar-refractivity contribution in [3.8, 4) is 0 Å². The van der Waals surface area contributed by atoms with Crippen LogP contribution in [0.1, 0.15) is 32.1 Å². The molecule has 2 aliphatic carbocycles. The third kappa shape index (κ3) is 0.619. The van der Waals surface area contributed by atoms with Gasteiger partial charge in [0.2, 0.25) is 0 Å². The molecule has 2 nitrogen and oxygen atoms in total. The number of carbonyl (C=O) groups is 1. The van der Waals surface area contributed by atoms with E-state index in [1.165, 1.54) is 0 Å². The van der Waals surface area contributed by atoms with Gasteiger partial charge in [0.15, 0.2) is 0 Å². The van der Waals surface area contributed by atoms with Gasteiger partial charge in [-0.25, -0.2) is 0 Å². The molecule has 56 valence electrons. The lowest BCUT2D eigenvalue weighted by atomic mass is 9.65. The fourth-order valence-corrected chi connectivity index (χ4v) is 1.99. The Bertz CT molecular complexity index is 166. The number of aliphatic carboxylic acids is 1. The fourth-order valence-electron chi connectivity index (χ4n) is 1.99. The summed E-state index contributed by atoms with van der Waals surface area (Å²) < 4.78 is 0. The number of hydrogen-bond acceptors (Lipinski definition) is 1. The van der Waals surface area contributed by atoms with Crippen LogP contribution in [0.5, 0.6) is 0 Å². The zero-order chi connectivity index (χ0) is 7.19. The summed E-state index contributed by atoms with van der Waals surface area (Å²) >= 11 is 0. The maximum Gasteiger partial charge on any atom is 0.309 e. The fraction of sp³-hybridized carbons (Fsp3) is 0.875. The van der Waals surface area contributed by atoms with Gasteiger partial charge in [0, 0.05) is 0 Å². The minimum Gasteiger partial charge on any atom is -0.481 e. The molecule has 0 heterocycles. The van der Waals surface area contributed by atoms with Gasteiger partial charge in [-0.2, -0.15) is 0 Å². The molecule has 2 fully saturated rings. The monoisotopic (exact) mass is 140 g/mol. The molecule has 1 N–H and O–H groups in total. The Kier molecular flexibility index (Phi) is 1.08. The molecular weight excluding hydrogens is 128 g/mol. The molecule has 0 bridgehead atoms. The molecule has 2 saturated carbocycles. The first-order valence-electron chi connectivity index (χ1n) is 3.99. The summed E-state index contributed by atoms with van der Waals surface area (Å²) in [7, 11) is 0. The minimum absolute atomic E-state index is 0.250. The highest BCUT2D eigenvalue weighted by molar-refractivity contribution is 5.76. The van der Waals surface area contributed by atoms with Crippen molar-refractivity contribution in [2.24, 2.45) is 11.3 Å². The standard InChI is InChI=1S/C8H12O2/c9-7(10)8(4-1-5-8)6-2-3-6/h6H,1-5H2,(H,9,10). The predicted molar refractivity (Wildman–Crippen MR) is 36.6 cm³/mol.